The van der Waals surface area contributed by atoms with Crippen LogP contribution >= 0.6 is 11.3 Å². The number of guanidine groups is 1. The minimum Gasteiger partial charge on any atom is -0.357 e. The minimum atomic E-state index is -4.14. The molecule has 0 aliphatic carbocycles. The second-order valence-electron chi connectivity index (χ2n) is 5.86. The van der Waals surface area contributed by atoms with Crippen LogP contribution in [-0.2, 0) is 6.42 Å². The molecule has 1 unspecified atom stereocenters. The average Bonchev–Trinajstić information content (AvgIpc) is 3.07. The number of halogens is 3. The van der Waals surface area contributed by atoms with Gasteiger partial charge in [-0.1, -0.05) is 0 Å². The monoisotopic (exact) mass is 363 g/mol. The smallest absolute Gasteiger partial charge is 0.357 e. The van der Waals surface area contributed by atoms with Gasteiger partial charge in [0.15, 0.2) is 5.96 Å². The molecule has 1 aromatic heterocycles. The number of thiazole rings is 1. The molecule has 24 heavy (non-hydrogen) atoms. The van der Waals surface area contributed by atoms with Crippen molar-refractivity contribution in [3.8, 4) is 0 Å². The van der Waals surface area contributed by atoms with E-state index in [4.69, 9.17) is 0 Å². The average molecular weight is 363 g/mol. The molecule has 0 aromatic carbocycles. The van der Waals surface area contributed by atoms with E-state index in [1.165, 1.54) is 9.78 Å². The molecular formula is C15H24F3N5S. The maximum Gasteiger partial charge on any atom is 0.401 e. The number of aryl methyl sites for hydroxylation is 1. The Hall–Kier alpha value is -1.35. The zero-order chi connectivity index (χ0) is 17.6. The molecule has 2 heterocycles. The first-order valence-corrected chi connectivity index (χ1v) is 8.92. The molecule has 1 aromatic rings. The molecule has 2 rings (SSSR count). The van der Waals surface area contributed by atoms with Gasteiger partial charge in [0, 0.05) is 49.7 Å². The molecule has 1 saturated heterocycles. The second-order valence-corrected chi connectivity index (χ2v) is 7.17. The molecule has 9 heteroatoms. The zero-order valence-electron chi connectivity index (χ0n) is 14.0. The van der Waals surface area contributed by atoms with E-state index < -0.39 is 12.7 Å². The van der Waals surface area contributed by atoms with Crippen molar-refractivity contribution in [1.29, 1.82) is 0 Å². The van der Waals surface area contributed by atoms with Crippen molar-refractivity contribution in [1.82, 2.24) is 20.5 Å². The first kappa shape index (κ1) is 19.0. The summed E-state index contributed by atoms with van der Waals surface area (Å²) in [5, 5.41) is 7.43. The van der Waals surface area contributed by atoms with E-state index in [-0.39, 0.29) is 6.04 Å². The van der Waals surface area contributed by atoms with Crippen LogP contribution in [0.4, 0.5) is 13.2 Å². The maximum atomic E-state index is 12.4. The Balaban J connectivity index is 1.81. The Morgan fingerprint density at radius 2 is 2.29 bits per heavy atom. The van der Waals surface area contributed by atoms with Gasteiger partial charge in [-0.25, -0.2) is 4.98 Å². The van der Waals surface area contributed by atoms with Gasteiger partial charge in [0.25, 0.3) is 0 Å². The van der Waals surface area contributed by atoms with Gasteiger partial charge < -0.3 is 10.6 Å². The lowest BCUT2D eigenvalue weighted by Gasteiger charge is -2.19. The molecule has 1 aliphatic rings. The summed E-state index contributed by atoms with van der Waals surface area (Å²) in [6.45, 7) is 5.28. The molecule has 0 radical (unpaired) electrons. The van der Waals surface area contributed by atoms with Crippen molar-refractivity contribution >= 4 is 17.3 Å². The molecule has 0 amide bonds. The lowest BCUT2D eigenvalue weighted by molar-refractivity contribution is -0.143. The topological polar surface area (TPSA) is 52.6 Å². The fourth-order valence-electron chi connectivity index (χ4n) is 2.64. The van der Waals surface area contributed by atoms with E-state index in [1.54, 1.807) is 11.3 Å². The molecule has 136 valence electrons. The highest BCUT2D eigenvalue weighted by atomic mass is 32.1. The Kier molecular flexibility index (Phi) is 6.85. The number of hydrogen-bond acceptors (Lipinski definition) is 4. The predicted octanol–water partition coefficient (Wildman–Crippen LogP) is 2.19. The first-order valence-electron chi connectivity index (χ1n) is 8.11. The SMILES string of the molecule is CCNC(=NCCc1ncc(C)s1)NC1CCN(CC(F)(F)F)C1. The van der Waals surface area contributed by atoms with Crippen LogP contribution in [0.3, 0.4) is 0 Å². The number of likely N-dealkylation sites (tertiary alicyclic amines) is 1. The van der Waals surface area contributed by atoms with Gasteiger partial charge in [-0.3, -0.25) is 9.89 Å². The number of aromatic nitrogens is 1. The third-order valence-electron chi connectivity index (χ3n) is 3.63. The fourth-order valence-corrected chi connectivity index (χ4v) is 3.42. The van der Waals surface area contributed by atoms with Gasteiger partial charge in [-0.15, -0.1) is 11.3 Å². The third-order valence-corrected chi connectivity index (χ3v) is 4.60. The Morgan fingerprint density at radius 3 is 2.92 bits per heavy atom. The first-order chi connectivity index (χ1) is 11.4. The van der Waals surface area contributed by atoms with Gasteiger partial charge in [0.2, 0.25) is 0 Å². The van der Waals surface area contributed by atoms with Gasteiger partial charge >= 0.3 is 6.18 Å². The van der Waals surface area contributed by atoms with Crippen molar-refractivity contribution < 1.29 is 13.2 Å². The van der Waals surface area contributed by atoms with Crippen LogP contribution in [0.1, 0.15) is 23.2 Å². The number of alkyl halides is 3. The molecule has 2 N–H and O–H groups in total. The second kappa shape index (κ2) is 8.66. The highest BCUT2D eigenvalue weighted by Gasteiger charge is 2.34. The summed E-state index contributed by atoms with van der Waals surface area (Å²) in [5.41, 5.74) is 0. The maximum absolute atomic E-state index is 12.4. The van der Waals surface area contributed by atoms with Crippen LogP contribution in [-0.4, -0.2) is 60.8 Å². The van der Waals surface area contributed by atoms with E-state index >= 15 is 0 Å². The van der Waals surface area contributed by atoms with E-state index in [9.17, 15) is 13.2 Å². The van der Waals surface area contributed by atoms with Gasteiger partial charge in [-0.2, -0.15) is 13.2 Å². The summed E-state index contributed by atoms with van der Waals surface area (Å²) in [5.74, 6) is 0.657. The van der Waals surface area contributed by atoms with Crippen LogP contribution in [0.2, 0.25) is 0 Å². The van der Waals surface area contributed by atoms with Crippen LogP contribution in [0.15, 0.2) is 11.2 Å². The molecule has 0 spiro atoms. The molecular weight excluding hydrogens is 339 g/mol. The van der Waals surface area contributed by atoms with E-state index in [0.717, 1.165) is 11.4 Å². The van der Waals surface area contributed by atoms with Crippen molar-refractivity contribution in [2.45, 2.75) is 38.9 Å². The summed E-state index contributed by atoms with van der Waals surface area (Å²) in [6, 6.07) is -0.00717. The van der Waals surface area contributed by atoms with Crippen molar-refractivity contribution in [2.24, 2.45) is 4.99 Å². The number of hydrogen-bond donors (Lipinski definition) is 2. The van der Waals surface area contributed by atoms with Gasteiger partial charge in [0.05, 0.1) is 11.6 Å². The normalized spacial score (nSPS) is 19.7. The quantitative estimate of drug-likeness (QED) is 0.601. The molecule has 1 fully saturated rings. The number of aliphatic imine (C=N–C) groups is 1. The zero-order valence-corrected chi connectivity index (χ0v) is 14.8. The molecule has 1 atom stereocenters. The highest BCUT2D eigenvalue weighted by molar-refractivity contribution is 7.11. The number of nitrogens with zero attached hydrogens (tertiary/aromatic N) is 3. The Labute approximate surface area is 144 Å². The van der Waals surface area contributed by atoms with Crippen molar-refractivity contribution in [2.75, 3.05) is 32.7 Å². The fraction of sp³-hybridized carbons (Fsp3) is 0.733. The van der Waals surface area contributed by atoms with Crippen molar-refractivity contribution in [3.63, 3.8) is 0 Å². The summed E-state index contributed by atoms with van der Waals surface area (Å²) >= 11 is 1.66. The molecule has 0 saturated carbocycles. The Bertz CT molecular complexity index is 543. The summed E-state index contributed by atoms with van der Waals surface area (Å²) < 4.78 is 37.3. The van der Waals surface area contributed by atoms with Crippen LogP contribution in [0, 0.1) is 6.92 Å². The standard InChI is InChI=1S/C15H24F3N5S/c1-3-19-14(20-6-4-13-21-8-11(2)24-13)22-12-5-7-23(9-12)10-15(16,17)18/h8,12H,3-7,9-10H2,1-2H3,(H2,19,20,22). The lowest BCUT2D eigenvalue weighted by Crippen LogP contribution is -2.45. The van der Waals surface area contributed by atoms with Crippen LogP contribution in [0.25, 0.3) is 0 Å². The summed E-state index contributed by atoms with van der Waals surface area (Å²) in [6.07, 6.45) is -0.841. The van der Waals surface area contributed by atoms with Gasteiger partial charge in [-0.05, 0) is 20.3 Å². The molecule has 0 bridgehead atoms. The summed E-state index contributed by atoms with van der Waals surface area (Å²) in [4.78, 5) is 11.4. The van der Waals surface area contributed by atoms with E-state index in [0.29, 0.717) is 38.6 Å². The predicted molar refractivity (Wildman–Crippen MR) is 90.6 cm³/mol. The lowest BCUT2D eigenvalue weighted by atomic mass is 10.3. The largest absolute Gasteiger partial charge is 0.401 e. The van der Waals surface area contributed by atoms with Crippen molar-refractivity contribution in [3.05, 3.63) is 16.1 Å². The Morgan fingerprint density at radius 1 is 1.50 bits per heavy atom. The summed E-state index contributed by atoms with van der Waals surface area (Å²) in [7, 11) is 0. The van der Waals surface area contributed by atoms with E-state index in [1.807, 2.05) is 20.0 Å². The third kappa shape index (κ3) is 6.64. The highest BCUT2D eigenvalue weighted by Crippen LogP contribution is 2.19. The van der Waals surface area contributed by atoms with Crippen LogP contribution < -0.4 is 10.6 Å². The number of rotatable bonds is 6. The minimum absolute atomic E-state index is 0.00717. The molecule has 1 aliphatic heterocycles. The number of nitrogens with one attached hydrogen (secondary N) is 2. The van der Waals surface area contributed by atoms with Gasteiger partial charge in [0.1, 0.15) is 0 Å². The van der Waals surface area contributed by atoms with Crippen LogP contribution in [0.5, 0.6) is 0 Å². The molecule has 5 nitrogen and oxygen atoms in total. The van der Waals surface area contributed by atoms with E-state index in [2.05, 4.69) is 20.6 Å².